The van der Waals surface area contributed by atoms with E-state index in [1.54, 1.807) is 6.92 Å². The minimum atomic E-state index is -1.44. The van der Waals surface area contributed by atoms with Gasteiger partial charge in [0.05, 0.1) is 6.42 Å². The number of nitrogens with one attached hydrogen (secondary N) is 3. The van der Waals surface area contributed by atoms with Crippen LogP contribution in [-0.4, -0.2) is 121 Å². The number of hydrogen-bond donors (Lipinski definition) is 7. The molecule has 0 radical (unpaired) electrons. The molecule has 17 heteroatoms. The first-order valence-corrected chi connectivity index (χ1v) is 17.1. The van der Waals surface area contributed by atoms with Crippen molar-refractivity contribution in [3.05, 3.63) is 29.8 Å². The van der Waals surface area contributed by atoms with Crippen molar-refractivity contribution in [2.24, 2.45) is 5.92 Å². The molecule has 2 aliphatic rings. The lowest BCUT2D eigenvalue weighted by Crippen LogP contribution is -2.59. The van der Waals surface area contributed by atoms with Gasteiger partial charge in [0.15, 0.2) is 0 Å². The lowest BCUT2D eigenvalue weighted by molar-refractivity contribution is -0.150. The van der Waals surface area contributed by atoms with E-state index in [-0.39, 0.29) is 44.0 Å². The number of likely N-dealkylation sites (tertiary alicyclic amines) is 2. The summed E-state index contributed by atoms with van der Waals surface area (Å²) < 4.78 is 0. The third-order valence-corrected chi connectivity index (χ3v) is 9.29. The van der Waals surface area contributed by atoms with Crippen LogP contribution in [0.3, 0.4) is 0 Å². The van der Waals surface area contributed by atoms with Gasteiger partial charge >= 0.3 is 17.9 Å². The van der Waals surface area contributed by atoms with Gasteiger partial charge in [0.25, 0.3) is 0 Å². The highest BCUT2D eigenvalue weighted by atomic mass is 16.4. The number of aliphatic carboxylic acids is 3. The third kappa shape index (κ3) is 11.4. The summed E-state index contributed by atoms with van der Waals surface area (Å²) in [7, 11) is 0. The molecule has 2 fully saturated rings. The maximum absolute atomic E-state index is 14.0. The summed E-state index contributed by atoms with van der Waals surface area (Å²) in [4.78, 5) is 104. The van der Waals surface area contributed by atoms with Gasteiger partial charge < -0.3 is 46.2 Å². The SMILES string of the molecule is CC[C@H](C)[C@H](NC(=O)[C@@H]1CCCN1C(=O)[C@H](CCC(=O)O)NC(=O)[C@H](Cc1ccc(O)cc1)NC(=O)CCC(=O)O)C(=O)N1CCC[C@H]1C(=O)O. The maximum Gasteiger partial charge on any atom is 0.326 e. The Hall–Kier alpha value is -5.22. The number of nitrogens with zero attached hydrogens (tertiary/aromatic N) is 2. The van der Waals surface area contributed by atoms with Gasteiger partial charge in [-0.2, -0.15) is 0 Å². The van der Waals surface area contributed by atoms with E-state index < -0.39 is 96.9 Å². The highest BCUT2D eigenvalue weighted by Crippen LogP contribution is 2.24. The standard InChI is InChI=1S/C34H47N5O12/c1-3-19(2)29(33(49)39-17-5-7-25(39)34(50)51)37-31(47)24-6-4-16-38(24)32(48)22(12-14-27(42)43)36-30(46)23(35-26(41)13-15-28(44)45)18-20-8-10-21(40)11-9-20/h8-11,19,22-25,29,40H,3-7,12-18H2,1-2H3,(H,35,41)(H,36,46)(H,37,47)(H,42,43)(H,44,45)(H,50,51)/t19-,22-,23-,24-,25-,29-/m0/s1. The van der Waals surface area contributed by atoms with E-state index in [1.165, 1.54) is 34.1 Å². The largest absolute Gasteiger partial charge is 0.508 e. The smallest absolute Gasteiger partial charge is 0.326 e. The summed E-state index contributed by atoms with van der Waals surface area (Å²) in [5.41, 5.74) is 0.505. The van der Waals surface area contributed by atoms with Gasteiger partial charge in [-0.25, -0.2) is 4.79 Å². The van der Waals surface area contributed by atoms with Crippen molar-refractivity contribution in [2.75, 3.05) is 13.1 Å². The van der Waals surface area contributed by atoms with Crippen molar-refractivity contribution >= 4 is 47.4 Å². The summed E-state index contributed by atoms with van der Waals surface area (Å²) in [6, 6.07) is -0.169. The average Bonchev–Trinajstić information content (AvgIpc) is 3.79. The number of carboxylic acids is 3. The van der Waals surface area contributed by atoms with Crippen molar-refractivity contribution in [2.45, 2.75) is 108 Å². The normalized spacial score (nSPS) is 19.3. The van der Waals surface area contributed by atoms with E-state index in [2.05, 4.69) is 16.0 Å². The molecule has 2 aliphatic heterocycles. The molecule has 2 saturated heterocycles. The van der Waals surface area contributed by atoms with Crippen LogP contribution in [0.5, 0.6) is 5.75 Å². The molecule has 7 N–H and O–H groups in total. The van der Waals surface area contributed by atoms with E-state index in [9.17, 15) is 53.7 Å². The summed E-state index contributed by atoms with van der Waals surface area (Å²) in [6.07, 6.45) is -0.0668. The Morgan fingerprint density at radius 2 is 1.35 bits per heavy atom. The van der Waals surface area contributed by atoms with Crippen LogP contribution in [0.2, 0.25) is 0 Å². The van der Waals surface area contributed by atoms with Crippen molar-refractivity contribution in [3.63, 3.8) is 0 Å². The Morgan fingerprint density at radius 1 is 0.765 bits per heavy atom. The number of phenols is 1. The average molecular weight is 718 g/mol. The molecule has 0 aliphatic carbocycles. The fourth-order valence-electron chi connectivity index (χ4n) is 6.26. The number of carbonyl (C=O) groups excluding carboxylic acids is 5. The number of carboxylic acid groups (broad SMARTS) is 3. The lowest BCUT2D eigenvalue weighted by atomic mass is 9.96. The number of phenolic OH excluding ortho intramolecular Hbond substituents is 1. The predicted octanol–water partition coefficient (Wildman–Crippen LogP) is 0.231. The first-order chi connectivity index (χ1) is 24.1. The van der Waals surface area contributed by atoms with Crippen LogP contribution < -0.4 is 16.0 Å². The summed E-state index contributed by atoms with van der Waals surface area (Å²) in [5.74, 6) is -7.59. The molecule has 17 nitrogen and oxygen atoms in total. The molecule has 3 rings (SSSR count). The summed E-state index contributed by atoms with van der Waals surface area (Å²) in [6.45, 7) is 3.89. The zero-order valence-corrected chi connectivity index (χ0v) is 28.7. The number of rotatable bonds is 18. The number of benzene rings is 1. The Kier molecular flexibility index (Phi) is 14.7. The zero-order valence-electron chi connectivity index (χ0n) is 28.7. The Bertz CT molecular complexity index is 1470. The maximum atomic E-state index is 14.0. The van der Waals surface area contributed by atoms with Gasteiger partial charge in [-0.3, -0.25) is 33.6 Å². The van der Waals surface area contributed by atoms with Gasteiger partial charge in [-0.15, -0.1) is 0 Å². The number of hydrogen-bond acceptors (Lipinski definition) is 9. The van der Waals surface area contributed by atoms with Gasteiger partial charge in [0.2, 0.25) is 29.5 Å². The van der Waals surface area contributed by atoms with E-state index >= 15 is 0 Å². The van der Waals surface area contributed by atoms with Gasteiger partial charge in [-0.05, 0) is 55.7 Å². The van der Waals surface area contributed by atoms with E-state index in [0.29, 0.717) is 31.2 Å². The molecule has 280 valence electrons. The molecule has 2 heterocycles. The van der Waals surface area contributed by atoms with Crippen LogP contribution in [0.25, 0.3) is 0 Å². The highest BCUT2D eigenvalue weighted by Gasteiger charge is 2.43. The monoisotopic (exact) mass is 717 g/mol. The van der Waals surface area contributed by atoms with Crippen LogP contribution >= 0.6 is 0 Å². The molecule has 0 bridgehead atoms. The number of amides is 5. The molecule has 6 atom stereocenters. The Balaban J connectivity index is 1.82. The van der Waals surface area contributed by atoms with E-state index in [1.807, 2.05) is 6.92 Å². The minimum absolute atomic E-state index is 0.0471. The van der Waals surface area contributed by atoms with Crippen LogP contribution in [0.15, 0.2) is 24.3 Å². The first kappa shape index (κ1) is 40.2. The minimum Gasteiger partial charge on any atom is -0.508 e. The topological polar surface area (TPSA) is 260 Å². The number of carbonyl (C=O) groups is 8. The second-order valence-corrected chi connectivity index (χ2v) is 13.0. The summed E-state index contributed by atoms with van der Waals surface area (Å²) >= 11 is 0. The third-order valence-electron chi connectivity index (χ3n) is 9.29. The Morgan fingerprint density at radius 3 is 1.92 bits per heavy atom. The molecule has 1 aromatic carbocycles. The van der Waals surface area contributed by atoms with Crippen molar-refractivity contribution < 1.29 is 58.8 Å². The molecule has 0 unspecified atom stereocenters. The van der Waals surface area contributed by atoms with Crippen LogP contribution in [0, 0.1) is 5.92 Å². The van der Waals surface area contributed by atoms with Crippen LogP contribution in [-0.2, 0) is 44.8 Å². The van der Waals surface area contributed by atoms with Crippen molar-refractivity contribution in [1.29, 1.82) is 0 Å². The predicted molar refractivity (Wildman–Crippen MR) is 178 cm³/mol. The van der Waals surface area contributed by atoms with Crippen molar-refractivity contribution in [3.8, 4) is 5.75 Å². The van der Waals surface area contributed by atoms with Gasteiger partial charge in [-0.1, -0.05) is 32.4 Å². The molecular weight excluding hydrogens is 670 g/mol. The van der Waals surface area contributed by atoms with Crippen LogP contribution in [0.1, 0.15) is 77.2 Å². The summed E-state index contributed by atoms with van der Waals surface area (Å²) in [5, 5.41) is 45.4. The molecule has 0 spiro atoms. The molecule has 0 saturated carbocycles. The fourth-order valence-corrected chi connectivity index (χ4v) is 6.26. The van der Waals surface area contributed by atoms with Gasteiger partial charge in [0.1, 0.15) is 36.0 Å². The fraction of sp³-hybridized carbons (Fsp3) is 0.588. The molecule has 5 amide bonds. The van der Waals surface area contributed by atoms with E-state index in [4.69, 9.17) is 5.11 Å². The van der Waals surface area contributed by atoms with Crippen molar-refractivity contribution in [1.82, 2.24) is 25.8 Å². The molecule has 0 aromatic heterocycles. The molecule has 1 aromatic rings. The lowest BCUT2D eigenvalue weighted by Gasteiger charge is -2.33. The second kappa shape index (κ2) is 18.7. The van der Waals surface area contributed by atoms with E-state index in [0.717, 1.165) is 0 Å². The molecular formula is C34H47N5O12. The first-order valence-electron chi connectivity index (χ1n) is 17.1. The van der Waals surface area contributed by atoms with Gasteiger partial charge in [0, 0.05) is 32.4 Å². The Labute approximate surface area is 294 Å². The molecule has 51 heavy (non-hydrogen) atoms. The zero-order chi connectivity index (χ0) is 37.8. The second-order valence-electron chi connectivity index (χ2n) is 13.0. The highest BCUT2D eigenvalue weighted by molar-refractivity contribution is 5.97. The van der Waals surface area contributed by atoms with Crippen LogP contribution in [0.4, 0.5) is 0 Å². The quantitative estimate of drug-likeness (QED) is 0.108. The number of aromatic hydroxyl groups is 1.